The fraction of sp³-hybridized carbons (Fsp3) is 0.458. The zero-order valence-corrected chi connectivity index (χ0v) is 19.3. The molecule has 2 heterocycles. The van der Waals surface area contributed by atoms with Crippen molar-refractivity contribution < 1.29 is 17.9 Å². The number of anilines is 1. The number of nitrogens with zero attached hydrogens (tertiary/aromatic N) is 2. The number of rotatable bonds is 6. The van der Waals surface area contributed by atoms with E-state index in [-0.39, 0.29) is 16.8 Å². The molecule has 0 radical (unpaired) electrons. The van der Waals surface area contributed by atoms with Gasteiger partial charge in [-0.1, -0.05) is 12.1 Å². The van der Waals surface area contributed by atoms with Crippen LogP contribution in [0.1, 0.15) is 48.1 Å². The molecule has 0 spiro atoms. The number of hydrogen-bond donors (Lipinski definition) is 1. The molecule has 2 aliphatic rings. The minimum atomic E-state index is -3.57. The molecule has 7 nitrogen and oxygen atoms in total. The van der Waals surface area contributed by atoms with Gasteiger partial charge in [-0.3, -0.25) is 4.79 Å². The Labute approximate surface area is 190 Å². The normalized spacial score (nSPS) is 18.8. The van der Waals surface area contributed by atoms with Crippen LogP contribution in [0.25, 0.3) is 0 Å². The van der Waals surface area contributed by atoms with Crippen LogP contribution in [0.5, 0.6) is 0 Å². The molecule has 1 atom stereocenters. The first-order valence-electron chi connectivity index (χ1n) is 11.3. The fourth-order valence-electron chi connectivity index (χ4n) is 4.20. The van der Waals surface area contributed by atoms with Crippen molar-refractivity contribution in [2.75, 3.05) is 44.3 Å². The molecule has 0 saturated carbocycles. The summed E-state index contributed by atoms with van der Waals surface area (Å²) < 4.78 is 32.1. The number of morpholine rings is 1. The van der Waals surface area contributed by atoms with Crippen LogP contribution in [-0.4, -0.2) is 58.0 Å². The zero-order chi connectivity index (χ0) is 22.6. The third kappa shape index (κ3) is 5.14. The van der Waals surface area contributed by atoms with Gasteiger partial charge < -0.3 is 15.0 Å². The lowest BCUT2D eigenvalue weighted by Gasteiger charge is -2.29. The zero-order valence-electron chi connectivity index (χ0n) is 18.5. The van der Waals surface area contributed by atoms with Crippen molar-refractivity contribution in [1.29, 1.82) is 0 Å². The van der Waals surface area contributed by atoms with Gasteiger partial charge in [-0.15, -0.1) is 0 Å². The second-order valence-corrected chi connectivity index (χ2v) is 10.3. The van der Waals surface area contributed by atoms with E-state index in [9.17, 15) is 13.2 Å². The lowest BCUT2D eigenvalue weighted by Crippen LogP contribution is -2.40. The second-order valence-electron chi connectivity index (χ2n) is 8.38. The number of piperidine rings is 1. The summed E-state index contributed by atoms with van der Waals surface area (Å²) in [6.07, 6.45) is 3.78. The highest BCUT2D eigenvalue weighted by molar-refractivity contribution is 7.89. The molecular formula is C24H31N3O4S. The third-order valence-electron chi connectivity index (χ3n) is 6.19. The largest absolute Gasteiger partial charge is 0.379 e. The van der Waals surface area contributed by atoms with Gasteiger partial charge in [0.15, 0.2) is 0 Å². The first-order valence-corrected chi connectivity index (χ1v) is 12.7. The monoisotopic (exact) mass is 457 g/mol. The Morgan fingerprint density at radius 1 is 0.906 bits per heavy atom. The maximum atomic E-state index is 12.7. The molecule has 2 aliphatic heterocycles. The Hall–Kier alpha value is -2.42. The molecule has 32 heavy (non-hydrogen) atoms. The van der Waals surface area contributed by atoms with Crippen molar-refractivity contribution in [3.8, 4) is 0 Å². The molecule has 2 fully saturated rings. The molecule has 1 N–H and O–H groups in total. The van der Waals surface area contributed by atoms with E-state index in [1.165, 1.54) is 41.4 Å². The van der Waals surface area contributed by atoms with E-state index >= 15 is 0 Å². The van der Waals surface area contributed by atoms with Crippen LogP contribution in [0.2, 0.25) is 0 Å². The maximum Gasteiger partial charge on any atom is 0.251 e. The van der Waals surface area contributed by atoms with Gasteiger partial charge in [-0.2, -0.15) is 4.31 Å². The van der Waals surface area contributed by atoms with E-state index in [0.717, 1.165) is 18.7 Å². The van der Waals surface area contributed by atoms with Crippen LogP contribution in [0, 0.1) is 0 Å². The van der Waals surface area contributed by atoms with Gasteiger partial charge in [0.25, 0.3) is 5.91 Å². The Bertz CT molecular complexity index is 1010. The van der Waals surface area contributed by atoms with Crippen molar-refractivity contribution in [2.24, 2.45) is 0 Å². The fourth-order valence-corrected chi connectivity index (χ4v) is 5.61. The molecule has 4 rings (SSSR count). The standard InChI is InChI=1S/C24H31N3O4S/c1-19(20-5-9-22(10-6-20)26-13-3-2-4-14-26)25-24(28)21-7-11-23(12-8-21)32(29,30)27-15-17-31-18-16-27/h5-12,19H,2-4,13-18H2,1H3,(H,25,28)/t19-/m0/s1. The van der Waals surface area contributed by atoms with Crippen molar-refractivity contribution in [2.45, 2.75) is 37.1 Å². The molecule has 0 unspecified atom stereocenters. The smallest absolute Gasteiger partial charge is 0.251 e. The number of benzene rings is 2. The van der Waals surface area contributed by atoms with Crippen LogP contribution < -0.4 is 10.2 Å². The lowest BCUT2D eigenvalue weighted by molar-refractivity contribution is 0.0730. The van der Waals surface area contributed by atoms with Crippen LogP contribution >= 0.6 is 0 Å². The molecular weight excluding hydrogens is 426 g/mol. The first-order chi connectivity index (χ1) is 15.4. The van der Waals surface area contributed by atoms with Crippen LogP contribution in [0.4, 0.5) is 5.69 Å². The van der Waals surface area contributed by atoms with Crippen molar-refractivity contribution >= 4 is 21.6 Å². The van der Waals surface area contributed by atoms with Crippen LogP contribution in [0.15, 0.2) is 53.4 Å². The van der Waals surface area contributed by atoms with Gasteiger partial charge in [0.1, 0.15) is 0 Å². The molecule has 172 valence electrons. The van der Waals surface area contributed by atoms with Crippen molar-refractivity contribution in [3.05, 3.63) is 59.7 Å². The molecule has 2 aromatic carbocycles. The summed E-state index contributed by atoms with van der Waals surface area (Å²) in [5, 5.41) is 3.00. The van der Waals surface area contributed by atoms with E-state index in [2.05, 4.69) is 34.5 Å². The second kappa shape index (κ2) is 10.0. The summed E-state index contributed by atoms with van der Waals surface area (Å²) in [5.41, 5.74) is 2.69. The Balaban J connectivity index is 1.38. The average molecular weight is 458 g/mol. The predicted molar refractivity (Wildman–Crippen MR) is 124 cm³/mol. The van der Waals surface area contributed by atoms with Crippen LogP contribution in [0.3, 0.4) is 0 Å². The molecule has 0 aliphatic carbocycles. The summed E-state index contributed by atoms with van der Waals surface area (Å²) in [6, 6.07) is 14.3. The van der Waals surface area contributed by atoms with E-state index in [1.807, 2.05) is 6.92 Å². The number of carbonyl (C=O) groups excluding carboxylic acids is 1. The first kappa shape index (κ1) is 22.8. The molecule has 1 amide bonds. The number of nitrogens with one attached hydrogen (secondary N) is 1. The molecule has 8 heteroatoms. The summed E-state index contributed by atoms with van der Waals surface area (Å²) in [5.74, 6) is -0.229. The Morgan fingerprint density at radius 3 is 2.16 bits per heavy atom. The quantitative estimate of drug-likeness (QED) is 0.721. The summed E-state index contributed by atoms with van der Waals surface area (Å²) in [6.45, 7) is 5.64. The molecule has 2 aromatic rings. The molecule has 0 bridgehead atoms. The average Bonchev–Trinajstić information content (AvgIpc) is 2.85. The van der Waals surface area contributed by atoms with E-state index in [4.69, 9.17) is 4.74 Å². The highest BCUT2D eigenvalue weighted by Gasteiger charge is 2.26. The number of carbonyl (C=O) groups is 1. The molecule has 0 aromatic heterocycles. The lowest BCUT2D eigenvalue weighted by atomic mass is 10.1. The van der Waals surface area contributed by atoms with Gasteiger partial charge in [-0.25, -0.2) is 8.42 Å². The highest BCUT2D eigenvalue weighted by Crippen LogP contribution is 2.23. The van der Waals surface area contributed by atoms with Crippen molar-refractivity contribution in [3.63, 3.8) is 0 Å². The van der Waals surface area contributed by atoms with Crippen LogP contribution in [-0.2, 0) is 14.8 Å². The van der Waals surface area contributed by atoms with Gasteiger partial charge in [-0.05, 0) is 68.1 Å². The summed E-state index contributed by atoms with van der Waals surface area (Å²) in [7, 11) is -3.57. The van der Waals surface area contributed by atoms with E-state index in [1.54, 1.807) is 12.1 Å². The topological polar surface area (TPSA) is 79.0 Å². The minimum absolute atomic E-state index is 0.158. The Morgan fingerprint density at radius 2 is 1.53 bits per heavy atom. The maximum absolute atomic E-state index is 12.7. The van der Waals surface area contributed by atoms with E-state index in [0.29, 0.717) is 31.9 Å². The number of amides is 1. The number of hydrogen-bond acceptors (Lipinski definition) is 5. The van der Waals surface area contributed by atoms with Crippen molar-refractivity contribution in [1.82, 2.24) is 9.62 Å². The highest BCUT2D eigenvalue weighted by atomic mass is 32.2. The van der Waals surface area contributed by atoms with Gasteiger partial charge >= 0.3 is 0 Å². The minimum Gasteiger partial charge on any atom is -0.379 e. The summed E-state index contributed by atoms with van der Waals surface area (Å²) >= 11 is 0. The third-order valence-corrected chi connectivity index (χ3v) is 8.10. The van der Waals surface area contributed by atoms with Gasteiger partial charge in [0.05, 0.1) is 24.2 Å². The van der Waals surface area contributed by atoms with Gasteiger partial charge in [0.2, 0.25) is 10.0 Å². The summed E-state index contributed by atoms with van der Waals surface area (Å²) in [4.78, 5) is 15.3. The SMILES string of the molecule is C[C@H](NC(=O)c1ccc(S(=O)(=O)N2CCOCC2)cc1)c1ccc(N2CCCCC2)cc1. The van der Waals surface area contributed by atoms with Gasteiger partial charge in [0, 0.05) is 37.4 Å². The van der Waals surface area contributed by atoms with E-state index < -0.39 is 10.0 Å². The number of sulfonamides is 1. The predicted octanol–water partition coefficient (Wildman–Crippen LogP) is 3.19. The number of ether oxygens (including phenoxy) is 1. The Kier molecular flexibility index (Phi) is 7.13. The molecule has 2 saturated heterocycles.